The number of anilines is 2. The van der Waals surface area contributed by atoms with Crippen LogP contribution >= 0.6 is 0 Å². The van der Waals surface area contributed by atoms with E-state index in [-0.39, 0.29) is 11.2 Å². The fourth-order valence-corrected chi connectivity index (χ4v) is 2.50. The Morgan fingerprint density at radius 1 is 1.00 bits per heavy atom. The predicted octanol–water partition coefficient (Wildman–Crippen LogP) is 3.68. The molecule has 0 saturated heterocycles. The molecule has 136 valence electrons. The number of nitrogens with zero attached hydrogens (tertiary/aromatic N) is 6. The summed E-state index contributed by atoms with van der Waals surface area (Å²) in [5, 5.41) is 3.06. The van der Waals surface area contributed by atoms with Gasteiger partial charge in [0, 0.05) is 17.4 Å². The highest BCUT2D eigenvalue weighted by Gasteiger charge is 2.35. The standard InChI is InChI=1S/C17H12F3N7/c1-10-7-13(25-16(23-10)24-11-5-3-2-4-6-11)27-9-22-12-8-21-15(17(18,19)20)26-14(12)27/h2-9H,1H3,(H,23,24,25). The van der Waals surface area contributed by atoms with Gasteiger partial charge < -0.3 is 5.32 Å². The second-order valence-electron chi connectivity index (χ2n) is 5.70. The molecule has 0 fully saturated rings. The number of halogens is 3. The molecule has 0 saturated carbocycles. The SMILES string of the molecule is Cc1cc(-n2cnc3cnc(C(F)(F)F)nc32)nc(Nc2ccccc2)n1. The molecule has 27 heavy (non-hydrogen) atoms. The second kappa shape index (κ2) is 6.31. The Morgan fingerprint density at radius 3 is 2.52 bits per heavy atom. The lowest BCUT2D eigenvalue weighted by Gasteiger charge is -2.09. The number of aryl methyl sites for hydroxylation is 1. The van der Waals surface area contributed by atoms with Crippen LogP contribution in [0.5, 0.6) is 0 Å². The summed E-state index contributed by atoms with van der Waals surface area (Å²) in [6.07, 6.45) is -2.25. The van der Waals surface area contributed by atoms with E-state index in [2.05, 4.69) is 30.2 Å². The van der Waals surface area contributed by atoms with Crippen LogP contribution in [-0.2, 0) is 6.18 Å². The molecule has 4 rings (SSSR count). The number of hydrogen-bond acceptors (Lipinski definition) is 6. The molecule has 3 heterocycles. The van der Waals surface area contributed by atoms with Crippen LogP contribution < -0.4 is 5.32 Å². The molecule has 10 heteroatoms. The van der Waals surface area contributed by atoms with Gasteiger partial charge in [-0.2, -0.15) is 18.2 Å². The maximum absolute atomic E-state index is 12.9. The van der Waals surface area contributed by atoms with Crippen molar-refractivity contribution in [3.8, 4) is 5.82 Å². The quantitative estimate of drug-likeness (QED) is 0.592. The van der Waals surface area contributed by atoms with E-state index in [9.17, 15) is 13.2 Å². The first-order valence-corrected chi connectivity index (χ1v) is 7.85. The van der Waals surface area contributed by atoms with Gasteiger partial charge in [-0.05, 0) is 19.1 Å². The first-order valence-electron chi connectivity index (χ1n) is 7.85. The predicted molar refractivity (Wildman–Crippen MR) is 91.7 cm³/mol. The minimum absolute atomic E-state index is 0.0149. The molecule has 4 aromatic rings. The molecule has 1 N–H and O–H groups in total. The van der Waals surface area contributed by atoms with E-state index in [1.54, 1.807) is 13.0 Å². The number of alkyl halides is 3. The normalized spacial score (nSPS) is 11.7. The fourth-order valence-electron chi connectivity index (χ4n) is 2.50. The second-order valence-corrected chi connectivity index (χ2v) is 5.70. The van der Waals surface area contributed by atoms with Crippen molar-refractivity contribution in [2.45, 2.75) is 13.1 Å². The number of rotatable bonds is 3. The third-order valence-electron chi connectivity index (χ3n) is 3.66. The summed E-state index contributed by atoms with van der Waals surface area (Å²) < 4.78 is 40.2. The van der Waals surface area contributed by atoms with Crippen molar-refractivity contribution in [2.75, 3.05) is 5.32 Å². The zero-order valence-electron chi connectivity index (χ0n) is 13.9. The molecule has 0 atom stereocenters. The van der Waals surface area contributed by atoms with Crippen molar-refractivity contribution >= 4 is 22.8 Å². The molecule has 1 aromatic carbocycles. The minimum Gasteiger partial charge on any atom is -0.324 e. The maximum Gasteiger partial charge on any atom is 0.451 e. The summed E-state index contributed by atoms with van der Waals surface area (Å²) in [5.74, 6) is -0.580. The first kappa shape index (κ1) is 16.9. The van der Waals surface area contributed by atoms with E-state index in [1.807, 2.05) is 30.3 Å². The topological polar surface area (TPSA) is 81.4 Å². The molecule has 3 aromatic heterocycles. The first-order chi connectivity index (χ1) is 12.9. The van der Waals surface area contributed by atoms with Gasteiger partial charge in [0.15, 0.2) is 5.65 Å². The number of benzene rings is 1. The van der Waals surface area contributed by atoms with Crippen LogP contribution in [0.1, 0.15) is 11.5 Å². The molecule has 0 aliphatic heterocycles. The highest BCUT2D eigenvalue weighted by atomic mass is 19.4. The smallest absolute Gasteiger partial charge is 0.324 e. The van der Waals surface area contributed by atoms with Crippen LogP contribution in [0.25, 0.3) is 17.0 Å². The van der Waals surface area contributed by atoms with E-state index in [0.29, 0.717) is 17.5 Å². The Balaban J connectivity index is 1.79. The van der Waals surface area contributed by atoms with Crippen molar-refractivity contribution in [1.82, 2.24) is 29.5 Å². The van der Waals surface area contributed by atoms with Gasteiger partial charge in [-0.25, -0.2) is 19.9 Å². The Hall–Kier alpha value is -3.56. The molecule has 0 radical (unpaired) electrons. The summed E-state index contributed by atoms with van der Waals surface area (Å²) in [6, 6.07) is 10.9. The number of hydrogen-bond donors (Lipinski definition) is 1. The van der Waals surface area contributed by atoms with Gasteiger partial charge in [0.2, 0.25) is 11.8 Å². The van der Waals surface area contributed by atoms with Gasteiger partial charge in [-0.15, -0.1) is 0 Å². The third-order valence-corrected chi connectivity index (χ3v) is 3.66. The molecule has 0 spiro atoms. The Kier molecular flexibility index (Phi) is 3.94. The lowest BCUT2D eigenvalue weighted by molar-refractivity contribution is -0.144. The molecule has 0 aliphatic carbocycles. The minimum atomic E-state index is -4.65. The van der Waals surface area contributed by atoms with Crippen molar-refractivity contribution in [3.63, 3.8) is 0 Å². The summed E-state index contributed by atoms with van der Waals surface area (Å²) in [6.45, 7) is 1.76. The highest BCUT2D eigenvalue weighted by molar-refractivity contribution is 5.71. The summed E-state index contributed by atoms with van der Waals surface area (Å²) >= 11 is 0. The van der Waals surface area contributed by atoms with Crippen molar-refractivity contribution in [3.05, 3.63) is 60.4 Å². The highest BCUT2D eigenvalue weighted by Crippen LogP contribution is 2.27. The van der Waals surface area contributed by atoms with Gasteiger partial charge in [0.05, 0.1) is 6.20 Å². The fraction of sp³-hybridized carbons (Fsp3) is 0.118. The molecule has 0 unspecified atom stereocenters. The van der Waals surface area contributed by atoms with Gasteiger partial charge in [0.25, 0.3) is 0 Å². The van der Waals surface area contributed by atoms with E-state index < -0.39 is 12.0 Å². The van der Waals surface area contributed by atoms with Gasteiger partial charge in [0.1, 0.15) is 17.7 Å². The molecule has 0 bridgehead atoms. The van der Waals surface area contributed by atoms with E-state index in [0.717, 1.165) is 11.9 Å². The van der Waals surface area contributed by atoms with Gasteiger partial charge in [-0.1, -0.05) is 18.2 Å². The maximum atomic E-state index is 12.9. The number of fused-ring (bicyclic) bond motifs is 1. The van der Waals surface area contributed by atoms with Crippen LogP contribution in [-0.4, -0.2) is 29.5 Å². The average Bonchev–Trinajstić information content (AvgIpc) is 3.04. The summed E-state index contributed by atoms with van der Waals surface area (Å²) in [5.41, 5.74) is 1.66. The lowest BCUT2D eigenvalue weighted by atomic mass is 10.3. The van der Waals surface area contributed by atoms with Crippen molar-refractivity contribution in [1.29, 1.82) is 0 Å². The Labute approximate surface area is 151 Å². The van der Waals surface area contributed by atoms with Crippen molar-refractivity contribution < 1.29 is 13.2 Å². The van der Waals surface area contributed by atoms with Crippen LogP contribution in [0.3, 0.4) is 0 Å². The monoisotopic (exact) mass is 371 g/mol. The van der Waals surface area contributed by atoms with Crippen LogP contribution in [0, 0.1) is 6.92 Å². The molecule has 0 aliphatic rings. The summed E-state index contributed by atoms with van der Waals surface area (Å²) in [7, 11) is 0. The van der Waals surface area contributed by atoms with E-state index >= 15 is 0 Å². The molecular formula is C17H12F3N7. The largest absolute Gasteiger partial charge is 0.451 e. The van der Waals surface area contributed by atoms with Gasteiger partial charge in [-0.3, -0.25) is 4.57 Å². The molecular weight excluding hydrogens is 359 g/mol. The van der Waals surface area contributed by atoms with Gasteiger partial charge >= 0.3 is 6.18 Å². The van der Waals surface area contributed by atoms with E-state index in [4.69, 9.17) is 0 Å². The Morgan fingerprint density at radius 2 is 1.78 bits per heavy atom. The van der Waals surface area contributed by atoms with Crippen molar-refractivity contribution in [2.24, 2.45) is 0 Å². The average molecular weight is 371 g/mol. The van der Waals surface area contributed by atoms with Crippen LogP contribution in [0.15, 0.2) is 48.9 Å². The van der Waals surface area contributed by atoms with Crippen LogP contribution in [0.4, 0.5) is 24.8 Å². The zero-order chi connectivity index (χ0) is 19.0. The number of aromatic nitrogens is 6. The lowest BCUT2D eigenvalue weighted by Crippen LogP contribution is -2.11. The Bertz CT molecular complexity index is 1110. The number of para-hydroxylation sites is 1. The summed E-state index contributed by atoms with van der Waals surface area (Å²) in [4.78, 5) is 19.7. The van der Waals surface area contributed by atoms with E-state index in [1.165, 1.54) is 10.9 Å². The molecule has 0 amide bonds. The molecule has 7 nitrogen and oxygen atoms in total. The number of imidazole rings is 1. The van der Waals surface area contributed by atoms with Crippen LogP contribution in [0.2, 0.25) is 0 Å². The number of nitrogens with one attached hydrogen (secondary N) is 1. The third kappa shape index (κ3) is 3.41. The zero-order valence-corrected chi connectivity index (χ0v) is 13.9.